The van der Waals surface area contributed by atoms with Crippen molar-refractivity contribution in [3.05, 3.63) is 57.6 Å². The van der Waals surface area contributed by atoms with Crippen LogP contribution >= 0.6 is 0 Å². The van der Waals surface area contributed by atoms with Crippen molar-refractivity contribution in [1.29, 1.82) is 5.26 Å². The van der Waals surface area contributed by atoms with Crippen LogP contribution in [0, 0.1) is 28.4 Å². The number of carbonyl (C=O) groups is 1. The minimum absolute atomic E-state index is 0.0212. The standard InChI is InChI=1S/C18H18N4O4/c1-11-4-7-17(26-3)16(8-11)20-12(2)18(23)21-15-6-5-14(22(24)25)9-13(15)10-19/h4-9,12,20H,1-3H3,(H,21,23). The van der Waals surface area contributed by atoms with Crippen LogP contribution in [0.1, 0.15) is 18.1 Å². The van der Waals surface area contributed by atoms with Crippen LogP contribution in [0.4, 0.5) is 17.1 Å². The Hall–Kier alpha value is -3.60. The summed E-state index contributed by atoms with van der Waals surface area (Å²) in [6, 6.07) is 10.5. The maximum atomic E-state index is 12.4. The Bertz CT molecular complexity index is 889. The van der Waals surface area contributed by atoms with E-state index in [1.165, 1.54) is 19.2 Å². The first-order chi connectivity index (χ1) is 12.3. The van der Waals surface area contributed by atoms with Gasteiger partial charge in [0.05, 0.1) is 29.0 Å². The Labute approximate surface area is 150 Å². The van der Waals surface area contributed by atoms with Gasteiger partial charge in [-0.15, -0.1) is 0 Å². The molecule has 0 fully saturated rings. The Balaban J connectivity index is 2.16. The van der Waals surface area contributed by atoms with Crippen molar-refractivity contribution in [1.82, 2.24) is 0 Å². The number of aryl methyl sites for hydroxylation is 1. The van der Waals surface area contributed by atoms with E-state index in [-0.39, 0.29) is 22.8 Å². The number of nitrogens with zero attached hydrogens (tertiary/aromatic N) is 2. The second-order valence-corrected chi connectivity index (χ2v) is 5.66. The predicted molar refractivity (Wildman–Crippen MR) is 97.3 cm³/mol. The highest BCUT2D eigenvalue weighted by Gasteiger charge is 2.18. The zero-order valence-electron chi connectivity index (χ0n) is 14.6. The van der Waals surface area contributed by atoms with Gasteiger partial charge in [0.25, 0.3) is 5.69 Å². The SMILES string of the molecule is COc1ccc(C)cc1NC(C)C(=O)Nc1ccc([N+](=O)[O-])cc1C#N. The molecule has 8 heteroatoms. The molecule has 8 nitrogen and oxygen atoms in total. The van der Waals surface area contributed by atoms with Crippen LogP contribution in [-0.2, 0) is 4.79 Å². The molecule has 0 aliphatic carbocycles. The molecule has 26 heavy (non-hydrogen) atoms. The lowest BCUT2D eigenvalue weighted by atomic mass is 10.1. The van der Waals surface area contributed by atoms with Crippen molar-refractivity contribution >= 4 is 23.0 Å². The maximum absolute atomic E-state index is 12.4. The smallest absolute Gasteiger partial charge is 0.270 e. The second kappa shape index (κ2) is 7.98. The lowest BCUT2D eigenvalue weighted by Crippen LogP contribution is -2.32. The van der Waals surface area contributed by atoms with Crippen molar-refractivity contribution in [3.63, 3.8) is 0 Å². The molecule has 0 bridgehead atoms. The molecule has 0 aliphatic rings. The van der Waals surface area contributed by atoms with Crippen LogP contribution in [0.5, 0.6) is 5.75 Å². The Morgan fingerprint density at radius 2 is 2.00 bits per heavy atom. The third kappa shape index (κ3) is 4.27. The molecular formula is C18H18N4O4. The lowest BCUT2D eigenvalue weighted by Gasteiger charge is -2.18. The van der Waals surface area contributed by atoms with Crippen molar-refractivity contribution in [2.45, 2.75) is 19.9 Å². The third-order valence-electron chi connectivity index (χ3n) is 3.71. The number of benzene rings is 2. The van der Waals surface area contributed by atoms with Crippen molar-refractivity contribution in [3.8, 4) is 11.8 Å². The number of nitro benzene ring substituents is 1. The average molecular weight is 354 g/mol. The van der Waals surface area contributed by atoms with Gasteiger partial charge in [0.1, 0.15) is 17.9 Å². The number of nitro groups is 1. The molecule has 134 valence electrons. The Kier molecular flexibility index (Phi) is 5.75. The van der Waals surface area contributed by atoms with Crippen molar-refractivity contribution in [2.75, 3.05) is 17.7 Å². The number of ether oxygens (including phenoxy) is 1. The summed E-state index contributed by atoms with van der Waals surface area (Å²) in [4.78, 5) is 22.6. The van der Waals surface area contributed by atoms with E-state index >= 15 is 0 Å². The molecule has 2 aromatic rings. The highest BCUT2D eigenvalue weighted by Crippen LogP contribution is 2.26. The molecule has 2 rings (SSSR count). The molecular weight excluding hydrogens is 336 g/mol. The number of hydrogen-bond acceptors (Lipinski definition) is 6. The zero-order valence-corrected chi connectivity index (χ0v) is 14.6. The number of non-ortho nitro benzene ring substituents is 1. The number of hydrogen-bond donors (Lipinski definition) is 2. The predicted octanol–water partition coefficient (Wildman–Crippen LogP) is 3.22. The highest BCUT2D eigenvalue weighted by atomic mass is 16.6. The minimum atomic E-state index is -0.632. The van der Waals surface area contributed by atoms with Crippen LogP contribution in [0.15, 0.2) is 36.4 Å². The van der Waals surface area contributed by atoms with Gasteiger partial charge in [-0.25, -0.2) is 0 Å². The van der Waals surface area contributed by atoms with E-state index < -0.39 is 11.0 Å². The molecule has 2 aromatic carbocycles. The number of rotatable bonds is 6. The topological polar surface area (TPSA) is 117 Å². The average Bonchev–Trinajstić information content (AvgIpc) is 2.61. The number of amides is 1. The second-order valence-electron chi connectivity index (χ2n) is 5.66. The fourth-order valence-corrected chi connectivity index (χ4v) is 2.32. The molecule has 0 saturated heterocycles. The molecule has 0 heterocycles. The van der Waals surface area contributed by atoms with E-state index in [1.54, 1.807) is 13.0 Å². The van der Waals surface area contributed by atoms with E-state index in [0.29, 0.717) is 11.4 Å². The normalized spacial score (nSPS) is 11.2. The molecule has 0 saturated carbocycles. The first kappa shape index (κ1) is 18.7. The molecule has 1 unspecified atom stereocenters. The van der Waals surface area contributed by atoms with Gasteiger partial charge in [-0.05, 0) is 37.6 Å². The van der Waals surface area contributed by atoms with E-state index in [9.17, 15) is 14.9 Å². The van der Waals surface area contributed by atoms with Crippen LogP contribution in [0.3, 0.4) is 0 Å². The molecule has 1 atom stereocenters. The molecule has 0 radical (unpaired) electrons. The fourth-order valence-electron chi connectivity index (χ4n) is 2.32. The van der Waals surface area contributed by atoms with Crippen LogP contribution in [0.25, 0.3) is 0 Å². The summed E-state index contributed by atoms with van der Waals surface area (Å²) >= 11 is 0. The van der Waals surface area contributed by atoms with Crippen LogP contribution in [0.2, 0.25) is 0 Å². The van der Waals surface area contributed by atoms with Gasteiger partial charge in [0.2, 0.25) is 5.91 Å². The third-order valence-corrected chi connectivity index (χ3v) is 3.71. The van der Waals surface area contributed by atoms with Gasteiger partial charge < -0.3 is 15.4 Å². The Morgan fingerprint density at radius 3 is 2.62 bits per heavy atom. The molecule has 1 amide bonds. The van der Waals surface area contributed by atoms with Gasteiger partial charge in [0, 0.05) is 12.1 Å². The number of nitrogens with one attached hydrogen (secondary N) is 2. The summed E-state index contributed by atoms with van der Waals surface area (Å²) in [7, 11) is 1.54. The van der Waals surface area contributed by atoms with Crippen molar-refractivity contribution < 1.29 is 14.5 Å². The number of methoxy groups -OCH3 is 1. The summed E-state index contributed by atoms with van der Waals surface area (Å²) < 4.78 is 5.27. The fraction of sp³-hybridized carbons (Fsp3) is 0.222. The first-order valence-corrected chi connectivity index (χ1v) is 7.76. The van der Waals surface area contributed by atoms with E-state index in [2.05, 4.69) is 10.6 Å². The summed E-state index contributed by atoms with van der Waals surface area (Å²) in [5.74, 6) is 0.210. The monoisotopic (exact) mass is 354 g/mol. The van der Waals surface area contributed by atoms with Crippen LogP contribution in [-0.4, -0.2) is 24.0 Å². The summed E-state index contributed by atoms with van der Waals surface area (Å²) in [5.41, 5.74) is 1.69. The van der Waals surface area contributed by atoms with E-state index in [0.717, 1.165) is 11.6 Å². The number of nitriles is 1. The minimum Gasteiger partial charge on any atom is -0.495 e. The number of anilines is 2. The quantitative estimate of drug-likeness (QED) is 0.607. The molecule has 2 N–H and O–H groups in total. The first-order valence-electron chi connectivity index (χ1n) is 7.76. The molecule has 0 aromatic heterocycles. The molecule has 0 spiro atoms. The molecule has 0 aliphatic heterocycles. The van der Waals surface area contributed by atoms with Gasteiger partial charge in [-0.1, -0.05) is 6.07 Å². The lowest BCUT2D eigenvalue weighted by molar-refractivity contribution is -0.384. The zero-order chi connectivity index (χ0) is 19.3. The van der Waals surface area contributed by atoms with Gasteiger partial charge in [-0.2, -0.15) is 5.26 Å². The van der Waals surface area contributed by atoms with Crippen molar-refractivity contribution in [2.24, 2.45) is 0 Å². The maximum Gasteiger partial charge on any atom is 0.270 e. The summed E-state index contributed by atoms with van der Waals surface area (Å²) in [6.07, 6.45) is 0. The van der Waals surface area contributed by atoms with Gasteiger partial charge >= 0.3 is 0 Å². The summed E-state index contributed by atoms with van der Waals surface area (Å²) in [6.45, 7) is 3.58. The van der Waals surface area contributed by atoms with Crippen LogP contribution < -0.4 is 15.4 Å². The van der Waals surface area contributed by atoms with Gasteiger partial charge in [-0.3, -0.25) is 14.9 Å². The highest BCUT2D eigenvalue weighted by molar-refractivity contribution is 5.97. The van der Waals surface area contributed by atoms with Gasteiger partial charge in [0.15, 0.2) is 0 Å². The van der Waals surface area contributed by atoms with E-state index in [1.807, 2.05) is 25.1 Å². The summed E-state index contributed by atoms with van der Waals surface area (Å²) in [5, 5.41) is 25.6. The Morgan fingerprint density at radius 1 is 1.27 bits per heavy atom. The number of carbonyl (C=O) groups excluding carboxylic acids is 1. The van der Waals surface area contributed by atoms with E-state index in [4.69, 9.17) is 10.00 Å². The largest absolute Gasteiger partial charge is 0.495 e.